The summed E-state index contributed by atoms with van der Waals surface area (Å²) in [6, 6.07) is 4.80. The summed E-state index contributed by atoms with van der Waals surface area (Å²) in [6.45, 7) is 3.56. The Kier molecular flexibility index (Phi) is 3.95. The zero-order valence-corrected chi connectivity index (χ0v) is 12.6. The molecule has 0 amide bonds. The van der Waals surface area contributed by atoms with E-state index in [0.29, 0.717) is 16.1 Å². The van der Waals surface area contributed by atoms with Crippen LogP contribution in [0.2, 0.25) is 0 Å². The van der Waals surface area contributed by atoms with Crippen LogP contribution in [0.15, 0.2) is 18.2 Å². The van der Waals surface area contributed by atoms with E-state index >= 15 is 0 Å². The standard InChI is InChI=1S/C14H14N2O4S/c1-7-4-9(6-10(5-7)16(18)19)12-8(2)11(15)13(21-12)14(17)20-3/h4-6H,15H2,1-3H3. The van der Waals surface area contributed by atoms with Gasteiger partial charge in [0.1, 0.15) is 4.88 Å². The normalized spacial score (nSPS) is 10.4. The van der Waals surface area contributed by atoms with Crippen molar-refractivity contribution < 1.29 is 14.5 Å². The smallest absolute Gasteiger partial charge is 0.350 e. The number of anilines is 1. The van der Waals surface area contributed by atoms with E-state index in [4.69, 9.17) is 10.5 Å². The Bertz CT molecular complexity index is 737. The summed E-state index contributed by atoms with van der Waals surface area (Å²) >= 11 is 1.18. The van der Waals surface area contributed by atoms with Gasteiger partial charge in [0, 0.05) is 17.0 Å². The second-order valence-corrected chi connectivity index (χ2v) is 5.63. The van der Waals surface area contributed by atoms with Crippen molar-refractivity contribution in [2.24, 2.45) is 0 Å². The van der Waals surface area contributed by atoms with Crippen molar-refractivity contribution in [3.63, 3.8) is 0 Å². The molecule has 6 nitrogen and oxygen atoms in total. The van der Waals surface area contributed by atoms with E-state index in [2.05, 4.69) is 0 Å². The minimum atomic E-state index is -0.506. The molecule has 1 aromatic heterocycles. The zero-order chi connectivity index (χ0) is 15.7. The SMILES string of the molecule is COC(=O)c1sc(-c2cc(C)cc([N+](=O)[O-])c2)c(C)c1N. The predicted octanol–water partition coefficient (Wildman–Crippen LogP) is 3.31. The lowest BCUT2D eigenvalue weighted by molar-refractivity contribution is -0.384. The number of nitrogens with zero attached hydrogens (tertiary/aromatic N) is 1. The molecule has 0 fully saturated rings. The molecule has 0 aliphatic carbocycles. The third kappa shape index (κ3) is 2.73. The van der Waals surface area contributed by atoms with E-state index in [1.54, 1.807) is 13.8 Å². The molecule has 1 aromatic carbocycles. The third-order valence-corrected chi connectivity index (χ3v) is 4.44. The molecule has 7 heteroatoms. The second-order valence-electron chi connectivity index (χ2n) is 4.60. The van der Waals surface area contributed by atoms with Gasteiger partial charge in [-0.3, -0.25) is 10.1 Å². The van der Waals surface area contributed by atoms with Crippen LogP contribution in [0.1, 0.15) is 20.8 Å². The average Bonchev–Trinajstić information content (AvgIpc) is 2.74. The number of nitrogen functional groups attached to an aromatic ring is 1. The number of methoxy groups -OCH3 is 1. The van der Waals surface area contributed by atoms with E-state index in [0.717, 1.165) is 16.0 Å². The number of nitrogens with two attached hydrogens (primary N) is 1. The number of hydrogen-bond donors (Lipinski definition) is 1. The molecular formula is C14H14N2O4S. The maximum Gasteiger partial charge on any atom is 0.350 e. The molecule has 2 N–H and O–H groups in total. The summed E-state index contributed by atoms with van der Waals surface area (Å²) in [5.74, 6) is -0.506. The number of non-ortho nitro benzene ring substituents is 1. The predicted molar refractivity (Wildman–Crippen MR) is 81.6 cm³/mol. The topological polar surface area (TPSA) is 95.5 Å². The fourth-order valence-corrected chi connectivity index (χ4v) is 3.18. The molecule has 0 aliphatic heterocycles. The fraction of sp³-hybridized carbons (Fsp3) is 0.214. The summed E-state index contributed by atoms with van der Waals surface area (Å²) in [4.78, 5) is 23.2. The van der Waals surface area contributed by atoms with Crippen molar-refractivity contribution in [3.05, 3.63) is 44.3 Å². The number of benzene rings is 1. The number of esters is 1. The molecule has 110 valence electrons. The zero-order valence-electron chi connectivity index (χ0n) is 11.8. The third-order valence-electron chi connectivity index (χ3n) is 3.10. The van der Waals surface area contributed by atoms with E-state index in [1.165, 1.54) is 30.6 Å². The maximum atomic E-state index is 11.7. The molecule has 0 atom stereocenters. The van der Waals surface area contributed by atoms with Crippen LogP contribution in [0.3, 0.4) is 0 Å². The molecular weight excluding hydrogens is 292 g/mol. The minimum Gasteiger partial charge on any atom is -0.465 e. The highest BCUT2D eigenvalue weighted by Gasteiger charge is 2.21. The van der Waals surface area contributed by atoms with Gasteiger partial charge in [-0.2, -0.15) is 0 Å². The molecule has 2 rings (SSSR count). The second kappa shape index (κ2) is 5.53. The van der Waals surface area contributed by atoms with Crippen molar-refractivity contribution in [2.45, 2.75) is 13.8 Å². The Hall–Kier alpha value is -2.41. The molecule has 21 heavy (non-hydrogen) atoms. The van der Waals surface area contributed by atoms with Crippen molar-refractivity contribution in [3.8, 4) is 10.4 Å². The van der Waals surface area contributed by atoms with Crippen LogP contribution in [-0.4, -0.2) is 18.0 Å². The van der Waals surface area contributed by atoms with Gasteiger partial charge in [-0.05, 0) is 30.5 Å². The maximum absolute atomic E-state index is 11.7. The van der Waals surface area contributed by atoms with Crippen LogP contribution in [-0.2, 0) is 4.74 Å². The number of carbonyl (C=O) groups excluding carboxylic acids is 1. The summed E-state index contributed by atoms with van der Waals surface area (Å²) in [5.41, 5.74) is 8.46. The van der Waals surface area contributed by atoms with E-state index in [-0.39, 0.29) is 5.69 Å². The Labute approximate surface area is 125 Å². The molecule has 0 saturated carbocycles. The Morgan fingerprint density at radius 3 is 2.57 bits per heavy atom. The molecule has 0 spiro atoms. The monoisotopic (exact) mass is 306 g/mol. The summed E-state index contributed by atoms with van der Waals surface area (Å²) in [7, 11) is 1.29. The first kappa shape index (κ1) is 15.0. The number of aryl methyl sites for hydroxylation is 1. The van der Waals surface area contributed by atoms with Gasteiger partial charge < -0.3 is 10.5 Å². The molecule has 0 radical (unpaired) electrons. The number of thiophene rings is 1. The molecule has 0 aliphatic rings. The van der Waals surface area contributed by atoms with Crippen LogP contribution in [0.5, 0.6) is 0 Å². The number of nitro groups is 1. The van der Waals surface area contributed by atoms with Gasteiger partial charge >= 0.3 is 5.97 Å². The van der Waals surface area contributed by atoms with Crippen LogP contribution in [0.4, 0.5) is 11.4 Å². The molecule has 0 saturated heterocycles. The molecule has 1 heterocycles. The quantitative estimate of drug-likeness (QED) is 0.533. The van der Waals surface area contributed by atoms with E-state index in [9.17, 15) is 14.9 Å². The van der Waals surface area contributed by atoms with Crippen LogP contribution >= 0.6 is 11.3 Å². The van der Waals surface area contributed by atoms with Crippen LogP contribution < -0.4 is 5.73 Å². The lowest BCUT2D eigenvalue weighted by Gasteiger charge is -2.02. The summed E-state index contributed by atoms with van der Waals surface area (Å²) in [6.07, 6.45) is 0. The number of nitro benzene ring substituents is 1. The number of ether oxygens (including phenoxy) is 1. The fourth-order valence-electron chi connectivity index (χ4n) is 2.05. The highest BCUT2D eigenvalue weighted by atomic mass is 32.1. The van der Waals surface area contributed by atoms with Gasteiger partial charge in [0.05, 0.1) is 17.7 Å². The highest BCUT2D eigenvalue weighted by molar-refractivity contribution is 7.18. The van der Waals surface area contributed by atoms with Gasteiger partial charge in [-0.15, -0.1) is 11.3 Å². The average molecular weight is 306 g/mol. The minimum absolute atomic E-state index is 0.0102. The van der Waals surface area contributed by atoms with Gasteiger partial charge in [0.2, 0.25) is 0 Å². The highest BCUT2D eigenvalue weighted by Crippen LogP contribution is 2.39. The Morgan fingerprint density at radius 1 is 1.33 bits per heavy atom. The Balaban J connectivity index is 2.62. The molecule has 2 aromatic rings. The molecule has 0 bridgehead atoms. The molecule has 0 unspecified atom stereocenters. The van der Waals surface area contributed by atoms with E-state index < -0.39 is 10.9 Å². The van der Waals surface area contributed by atoms with Crippen LogP contribution in [0, 0.1) is 24.0 Å². The lowest BCUT2D eigenvalue weighted by atomic mass is 10.1. The van der Waals surface area contributed by atoms with Crippen molar-refractivity contribution in [1.82, 2.24) is 0 Å². The van der Waals surface area contributed by atoms with Crippen molar-refractivity contribution in [1.29, 1.82) is 0 Å². The van der Waals surface area contributed by atoms with Gasteiger partial charge in [0.25, 0.3) is 5.69 Å². The van der Waals surface area contributed by atoms with Crippen LogP contribution in [0.25, 0.3) is 10.4 Å². The number of rotatable bonds is 3. The first-order valence-electron chi connectivity index (χ1n) is 6.08. The van der Waals surface area contributed by atoms with Crippen molar-refractivity contribution >= 4 is 28.7 Å². The van der Waals surface area contributed by atoms with E-state index in [1.807, 2.05) is 6.07 Å². The number of carbonyl (C=O) groups is 1. The van der Waals surface area contributed by atoms with Gasteiger partial charge in [0.15, 0.2) is 0 Å². The van der Waals surface area contributed by atoms with Gasteiger partial charge in [-0.1, -0.05) is 6.07 Å². The lowest BCUT2D eigenvalue weighted by Crippen LogP contribution is -2.01. The Morgan fingerprint density at radius 2 is 2.00 bits per heavy atom. The summed E-state index contributed by atoms with van der Waals surface area (Å²) in [5, 5.41) is 11.0. The van der Waals surface area contributed by atoms with Gasteiger partial charge in [-0.25, -0.2) is 4.79 Å². The number of hydrogen-bond acceptors (Lipinski definition) is 6. The van der Waals surface area contributed by atoms with Crippen molar-refractivity contribution in [2.75, 3.05) is 12.8 Å². The largest absolute Gasteiger partial charge is 0.465 e. The first-order valence-corrected chi connectivity index (χ1v) is 6.90. The first-order chi connectivity index (χ1) is 9.85. The summed E-state index contributed by atoms with van der Waals surface area (Å²) < 4.78 is 4.69.